The lowest BCUT2D eigenvalue weighted by atomic mass is 10.1. The fourth-order valence-corrected chi connectivity index (χ4v) is 3.60. The van der Waals surface area contributed by atoms with Crippen LogP contribution in [0, 0.1) is 13.8 Å². The standard InChI is InChI=1S/C15H21N3O3S/c1-12-9-13(2)15(10-14(12)21-3)22(19,20)17-5-4-7-18-8-6-16-11-18/h6,8-11,17H,4-5,7H2,1-3H3. The highest BCUT2D eigenvalue weighted by atomic mass is 32.2. The molecule has 0 atom stereocenters. The van der Waals surface area contributed by atoms with Gasteiger partial charge >= 0.3 is 0 Å². The van der Waals surface area contributed by atoms with E-state index < -0.39 is 10.0 Å². The molecule has 0 amide bonds. The Morgan fingerprint density at radius 1 is 1.27 bits per heavy atom. The highest BCUT2D eigenvalue weighted by Crippen LogP contribution is 2.25. The molecule has 0 bridgehead atoms. The summed E-state index contributed by atoms with van der Waals surface area (Å²) in [5.41, 5.74) is 1.62. The van der Waals surface area contributed by atoms with E-state index >= 15 is 0 Å². The first-order chi connectivity index (χ1) is 10.4. The minimum Gasteiger partial charge on any atom is -0.496 e. The summed E-state index contributed by atoms with van der Waals surface area (Å²) in [6.45, 7) is 4.77. The summed E-state index contributed by atoms with van der Waals surface area (Å²) in [6, 6.07) is 3.39. The van der Waals surface area contributed by atoms with Crippen LogP contribution in [0.1, 0.15) is 17.5 Å². The molecule has 1 aromatic heterocycles. The van der Waals surface area contributed by atoms with E-state index in [0.717, 1.165) is 12.1 Å². The van der Waals surface area contributed by atoms with E-state index in [-0.39, 0.29) is 4.90 Å². The molecule has 1 heterocycles. The number of imidazole rings is 1. The normalized spacial score (nSPS) is 11.6. The Morgan fingerprint density at radius 2 is 2.05 bits per heavy atom. The molecule has 6 nitrogen and oxygen atoms in total. The Balaban J connectivity index is 2.03. The van der Waals surface area contributed by atoms with Crippen molar-refractivity contribution in [1.82, 2.24) is 14.3 Å². The molecule has 1 N–H and O–H groups in total. The maximum Gasteiger partial charge on any atom is 0.240 e. The number of methoxy groups -OCH3 is 1. The third-order valence-electron chi connectivity index (χ3n) is 3.43. The Hall–Kier alpha value is -1.86. The van der Waals surface area contributed by atoms with Crippen molar-refractivity contribution in [1.29, 1.82) is 0 Å². The van der Waals surface area contributed by atoms with Gasteiger partial charge in [-0.25, -0.2) is 18.1 Å². The summed E-state index contributed by atoms with van der Waals surface area (Å²) in [4.78, 5) is 4.21. The summed E-state index contributed by atoms with van der Waals surface area (Å²) < 4.78 is 34.6. The molecule has 0 saturated carbocycles. The van der Waals surface area contributed by atoms with E-state index in [4.69, 9.17) is 4.74 Å². The zero-order chi connectivity index (χ0) is 16.2. The van der Waals surface area contributed by atoms with Crippen LogP contribution in [0.25, 0.3) is 0 Å². The van der Waals surface area contributed by atoms with Crippen molar-refractivity contribution in [2.24, 2.45) is 0 Å². The maximum atomic E-state index is 12.4. The molecule has 0 saturated heterocycles. The second kappa shape index (κ2) is 6.93. The summed E-state index contributed by atoms with van der Waals surface area (Å²) in [7, 11) is -2.00. The number of aromatic nitrogens is 2. The number of nitrogens with zero attached hydrogens (tertiary/aromatic N) is 2. The number of benzene rings is 1. The molecule has 0 unspecified atom stereocenters. The van der Waals surface area contributed by atoms with Crippen LogP contribution in [0.4, 0.5) is 0 Å². The van der Waals surface area contributed by atoms with Gasteiger partial charge in [-0.05, 0) is 31.4 Å². The Labute approximate surface area is 131 Å². The predicted octanol–water partition coefficient (Wildman–Crippen LogP) is 1.88. The topological polar surface area (TPSA) is 73.2 Å². The second-order valence-electron chi connectivity index (χ2n) is 5.14. The van der Waals surface area contributed by atoms with Crippen LogP contribution in [0.15, 0.2) is 35.7 Å². The predicted molar refractivity (Wildman–Crippen MR) is 84.5 cm³/mol. The van der Waals surface area contributed by atoms with Crippen molar-refractivity contribution < 1.29 is 13.2 Å². The lowest BCUT2D eigenvalue weighted by Gasteiger charge is -2.13. The highest BCUT2D eigenvalue weighted by molar-refractivity contribution is 7.89. The molecule has 0 aliphatic carbocycles. The van der Waals surface area contributed by atoms with E-state index in [2.05, 4.69) is 9.71 Å². The Bertz CT molecular complexity index is 725. The number of aryl methyl sites for hydroxylation is 3. The van der Waals surface area contributed by atoms with Crippen molar-refractivity contribution in [2.45, 2.75) is 31.7 Å². The van der Waals surface area contributed by atoms with E-state index in [1.165, 1.54) is 7.11 Å². The fraction of sp³-hybridized carbons (Fsp3) is 0.400. The van der Waals surface area contributed by atoms with E-state index in [1.54, 1.807) is 25.5 Å². The van der Waals surface area contributed by atoms with Gasteiger partial charge in [-0.1, -0.05) is 6.07 Å². The molecule has 0 radical (unpaired) electrons. The van der Waals surface area contributed by atoms with E-state index in [1.807, 2.05) is 23.8 Å². The minimum atomic E-state index is -3.54. The van der Waals surface area contributed by atoms with E-state index in [9.17, 15) is 8.42 Å². The third-order valence-corrected chi connectivity index (χ3v) is 5.03. The van der Waals surface area contributed by atoms with E-state index in [0.29, 0.717) is 24.3 Å². The molecule has 120 valence electrons. The monoisotopic (exact) mass is 323 g/mol. The van der Waals surface area contributed by atoms with Gasteiger partial charge in [0.15, 0.2) is 0 Å². The fourth-order valence-electron chi connectivity index (χ4n) is 2.29. The van der Waals surface area contributed by atoms with Crippen LogP contribution in [-0.4, -0.2) is 31.6 Å². The first-order valence-electron chi connectivity index (χ1n) is 7.04. The molecule has 0 aliphatic rings. The van der Waals surface area contributed by atoms with Gasteiger partial charge in [0.25, 0.3) is 0 Å². The van der Waals surface area contributed by atoms with Crippen LogP contribution in [-0.2, 0) is 16.6 Å². The van der Waals surface area contributed by atoms with Gasteiger partial charge in [0.05, 0.1) is 18.3 Å². The number of nitrogens with one attached hydrogen (secondary N) is 1. The van der Waals surface area contributed by atoms with Crippen LogP contribution in [0.5, 0.6) is 5.75 Å². The van der Waals surface area contributed by atoms with Crippen LogP contribution < -0.4 is 9.46 Å². The number of rotatable bonds is 7. The first kappa shape index (κ1) is 16.5. The summed E-state index contributed by atoms with van der Waals surface area (Å²) in [6.07, 6.45) is 5.96. The van der Waals surface area contributed by atoms with Gasteiger partial charge in [0.2, 0.25) is 10.0 Å². The quantitative estimate of drug-likeness (QED) is 0.790. The first-order valence-corrected chi connectivity index (χ1v) is 8.53. The molecule has 1 aromatic carbocycles. The molecule has 7 heteroatoms. The van der Waals surface area contributed by atoms with Gasteiger partial charge in [0.1, 0.15) is 5.75 Å². The van der Waals surface area contributed by atoms with Crippen LogP contribution in [0.3, 0.4) is 0 Å². The summed E-state index contributed by atoms with van der Waals surface area (Å²) >= 11 is 0. The molecule has 0 fully saturated rings. The van der Waals surface area contributed by atoms with Crippen molar-refractivity contribution in [3.63, 3.8) is 0 Å². The van der Waals surface area contributed by atoms with Crippen molar-refractivity contribution in [2.75, 3.05) is 13.7 Å². The third kappa shape index (κ3) is 3.86. The molecular weight excluding hydrogens is 302 g/mol. The second-order valence-corrected chi connectivity index (χ2v) is 6.87. The van der Waals surface area contributed by atoms with Gasteiger partial charge < -0.3 is 9.30 Å². The molecular formula is C15H21N3O3S. The summed E-state index contributed by atoms with van der Waals surface area (Å²) in [5.74, 6) is 0.574. The number of hydrogen-bond donors (Lipinski definition) is 1. The average molecular weight is 323 g/mol. The zero-order valence-corrected chi connectivity index (χ0v) is 13.9. The minimum absolute atomic E-state index is 0.262. The number of hydrogen-bond acceptors (Lipinski definition) is 4. The Morgan fingerprint density at radius 3 is 2.68 bits per heavy atom. The maximum absolute atomic E-state index is 12.4. The highest BCUT2D eigenvalue weighted by Gasteiger charge is 2.18. The SMILES string of the molecule is COc1cc(S(=O)(=O)NCCCn2ccnc2)c(C)cc1C. The van der Waals surface area contributed by atoms with Gasteiger partial charge in [0, 0.05) is 31.5 Å². The number of ether oxygens (including phenoxy) is 1. The van der Waals surface area contributed by atoms with Crippen molar-refractivity contribution in [3.05, 3.63) is 42.0 Å². The lowest BCUT2D eigenvalue weighted by molar-refractivity contribution is 0.410. The zero-order valence-electron chi connectivity index (χ0n) is 13.0. The van der Waals surface area contributed by atoms with Crippen molar-refractivity contribution in [3.8, 4) is 5.75 Å². The lowest BCUT2D eigenvalue weighted by Crippen LogP contribution is -2.26. The molecule has 0 aliphatic heterocycles. The van der Waals surface area contributed by atoms with Gasteiger partial charge in [-0.15, -0.1) is 0 Å². The molecule has 2 rings (SSSR count). The molecule has 2 aromatic rings. The molecule has 0 spiro atoms. The van der Waals surface area contributed by atoms with Gasteiger partial charge in [-0.3, -0.25) is 0 Å². The number of sulfonamides is 1. The van der Waals surface area contributed by atoms with Crippen LogP contribution in [0.2, 0.25) is 0 Å². The smallest absolute Gasteiger partial charge is 0.240 e. The Kier molecular flexibility index (Phi) is 5.20. The van der Waals surface area contributed by atoms with Crippen molar-refractivity contribution >= 4 is 10.0 Å². The average Bonchev–Trinajstić information content (AvgIpc) is 2.97. The molecule has 22 heavy (non-hydrogen) atoms. The summed E-state index contributed by atoms with van der Waals surface area (Å²) in [5, 5.41) is 0. The largest absolute Gasteiger partial charge is 0.496 e. The van der Waals surface area contributed by atoms with Gasteiger partial charge in [-0.2, -0.15) is 0 Å². The van der Waals surface area contributed by atoms with Crippen LogP contribution >= 0.6 is 0 Å².